The molecule has 0 unspecified atom stereocenters. The highest BCUT2D eigenvalue weighted by Gasteiger charge is 2.39. The number of nitrogens with one attached hydrogen (secondary N) is 2. The lowest BCUT2D eigenvalue weighted by Gasteiger charge is -2.23. The fraction of sp³-hybridized carbons (Fsp3) is 0.154. The van der Waals surface area contributed by atoms with Gasteiger partial charge in [-0.1, -0.05) is 12.1 Å². The molecule has 0 radical (unpaired) electrons. The number of aromatic nitrogens is 2. The summed E-state index contributed by atoms with van der Waals surface area (Å²) in [7, 11) is 0. The van der Waals surface area contributed by atoms with Crippen molar-refractivity contribution in [1.29, 1.82) is 0 Å². The van der Waals surface area contributed by atoms with Crippen molar-refractivity contribution in [3.8, 4) is 0 Å². The van der Waals surface area contributed by atoms with Gasteiger partial charge >= 0.3 is 24.5 Å². The topological polar surface area (TPSA) is 112 Å². The van der Waals surface area contributed by atoms with Gasteiger partial charge in [-0.15, -0.1) is 0 Å². The Morgan fingerprint density at radius 2 is 1.48 bits per heavy atom. The van der Waals surface area contributed by atoms with Gasteiger partial charge in [0.15, 0.2) is 5.43 Å². The molecule has 2 aromatic heterocycles. The molecule has 0 aliphatic heterocycles. The zero-order valence-electron chi connectivity index (χ0n) is 20.5. The number of fused-ring (bicyclic) bond motifs is 1. The Balaban J connectivity index is 0.000000616. The first-order chi connectivity index (χ1) is 19.4. The fourth-order valence-electron chi connectivity index (χ4n) is 3.59. The molecular formula is C26H16F9N3O4. The molecule has 0 saturated carbocycles. The number of pyridine rings is 2. The smallest absolute Gasteiger partial charge is 0.475 e. The number of carbonyl (C=O) groups excluding carboxylic acids is 1. The molecule has 0 bridgehead atoms. The summed E-state index contributed by atoms with van der Waals surface area (Å²) in [5.41, 5.74) is -2.76. The van der Waals surface area contributed by atoms with Crippen LogP contribution in [-0.2, 0) is 17.1 Å². The first-order valence-electron chi connectivity index (χ1n) is 11.3. The van der Waals surface area contributed by atoms with Gasteiger partial charge in [0.05, 0.1) is 22.9 Å². The van der Waals surface area contributed by atoms with Crippen molar-refractivity contribution in [2.75, 3.05) is 0 Å². The van der Waals surface area contributed by atoms with Crippen LogP contribution < -0.4 is 10.7 Å². The summed E-state index contributed by atoms with van der Waals surface area (Å²) in [5.74, 6) is -3.61. The number of rotatable bonds is 4. The van der Waals surface area contributed by atoms with Crippen LogP contribution in [0.15, 0.2) is 77.9 Å². The van der Waals surface area contributed by atoms with Crippen LogP contribution >= 0.6 is 0 Å². The standard InChI is InChI=1S/C24H15F6N3O2.C2HF3O2/c25-23(26,27)15-6-3-13(4-7-15)20(21-17(24(28,29)30)2-1-10-32-21)33-22(35)14-5-8-18-16(12-14)19(34)9-11-31-18;3-2(4,5)1(6)7/h1-12,20H,(H,31,34)(H,33,35);(H,6,7)/t20-;/m0./s1. The maximum atomic E-state index is 13.7. The molecule has 2 aromatic carbocycles. The molecule has 0 saturated heterocycles. The van der Waals surface area contributed by atoms with Crippen LogP contribution in [0.4, 0.5) is 39.5 Å². The van der Waals surface area contributed by atoms with Crippen LogP contribution in [-0.4, -0.2) is 33.1 Å². The molecule has 1 amide bonds. The number of alkyl halides is 9. The second-order valence-corrected chi connectivity index (χ2v) is 8.37. The number of carbonyl (C=O) groups is 2. The van der Waals surface area contributed by atoms with E-state index in [0.29, 0.717) is 17.6 Å². The van der Waals surface area contributed by atoms with Crippen molar-refractivity contribution in [2.45, 2.75) is 24.6 Å². The lowest BCUT2D eigenvalue weighted by Crippen LogP contribution is -2.31. The summed E-state index contributed by atoms with van der Waals surface area (Å²) in [5, 5.41) is 9.73. The monoisotopic (exact) mass is 605 g/mol. The number of aromatic amines is 1. The third-order valence-electron chi connectivity index (χ3n) is 5.53. The number of amides is 1. The Hall–Kier alpha value is -4.89. The summed E-state index contributed by atoms with van der Waals surface area (Å²) in [6.45, 7) is 0. The lowest BCUT2D eigenvalue weighted by molar-refractivity contribution is -0.192. The first-order valence-corrected chi connectivity index (χ1v) is 11.3. The number of aliphatic carboxylic acids is 1. The van der Waals surface area contributed by atoms with E-state index in [4.69, 9.17) is 9.90 Å². The molecule has 4 rings (SSSR count). The number of hydrogen-bond donors (Lipinski definition) is 3. The third-order valence-corrected chi connectivity index (χ3v) is 5.53. The number of H-pyrrole nitrogens is 1. The predicted molar refractivity (Wildman–Crippen MR) is 128 cm³/mol. The molecular weight excluding hydrogens is 589 g/mol. The van der Waals surface area contributed by atoms with E-state index < -0.39 is 53.3 Å². The normalized spacial score (nSPS) is 12.7. The minimum atomic E-state index is -5.08. The summed E-state index contributed by atoms with van der Waals surface area (Å²) < 4.78 is 112. The van der Waals surface area contributed by atoms with Crippen molar-refractivity contribution in [1.82, 2.24) is 15.3 Å². The predicted octanol–water partition coefficient (Wildman–Crippen LogP) is 6.11. The van der Waals surface area contributed by atoms with E-state index in [1.165, 1.54) is 30.5 Å². The Kier molecular flexibility index (Phi) is 8.98. The number of carboxylic acids is 1. The minimum Gasteiger partial charge on any atom is -0.475 e. The first kappa shape index (κ1) is 31.6. The van der Waals surface area contributed by atoms with Crippen LogP contribution in [0.3, 0.4) is 0 Å². The maximum absolute atomic E-state index is 13.7. The zero-order valence-corrected chi connectivity index (χ0v) is 20.5. The SMILES string of the molecule is O=C(N[C@@H](c1ccc(C(F)(F)F)cc1)c1ncccc1C(F)(F)F)c1ccc2[nH]ccc(=O)c2c1.O=C(O)C(F)(F)F. The Bertz CT molecular complexity index is 1640. The van der Waals surface area contributed by atoms with Gasteiger partial charge < -0.3 is 15.4 Å². The Labute approximate surface area is 228 Å². The molecule has 0 aliphatic rings. The van der Waals surface area contributed by atoms with Crippen LogP contribution in [0.5, 0.6) is 0 Å². The number of nitrogens with zero attached hydrogens (tertiary/aromatic N) is 1. The van der Waals surface area contributed by atoms with Crippen molar-refractivity contribution < 1.29 is 54.2 Å². The molecule has 0 fully saturated rings. The Morgan fingerprint density at radius 3 is 2.02 bits per heavy atom. The van der Waals surface area contributed by atoms with E-state index in [1.807, 2.05) is 0 Å². The second kappa shape index (κ2) is 11.9. The van der Waals surface area contributed by atoms with E-state index in [0.717, 1.165) is 30.5 Å². The lowest BCUT2D eigenvalue weighted by atomic mass is 9.97. The molecule has 1 atom stereocenters. The van der Waals surface area contributed by atoms with Gasteiger partial charge in [-0.3, -0.25) is 14.6 Å². The van der Waals surface area contributed by atoms with Crippen molar-refractivity contribution >= 4 is 22.8 Å². The molecule has 7 nitrogen and oxygen atoms in total. The quantitative estimate of drug-likeness (QED) is 0.243. The largest absolute Gasteiger partial charge is 0.490 e. The van der Waals surface area contributed by atoms with Crippen LogP contribution in [0.2, 0.25) is 0 Å². The summed E-state index contributed by atoms with van der Waals surface area (Å²) >= 11 is 0. The molecule has 4 aromatic rings. The number of carboxylic acid groups (broad SMARTS) is 1. The molecule has 222 valence electrons. The second-order valence-electron chi connectivity index (χ2n) is 8.37. The molecule has 0 spiro atoms. The van der Waals surface area contributed by atoms with Gasteiger partial charge in [0.25, 0.3) is 5.91 Å². The molecule has 3 N–H and O–H groups in total. The van der Waals surface area contributed by atoms with Gasteiger partial charge in [-0.2, -0.15) is 39.5 Å². The highest BCUT2D eigenvalue weighted by Crippen LogP contribution is 2.36. The van der Waals surface area contributed by atoms with Gasteiger partial charge in [-0.25, -0.2) is 4.79 Å². The number of benzene rings is 2. The number of hydrogen-bond acceptors (Lipinski definition) is 4. The van der Waals surface area contributed by atoms with E-state index >= 15 is 0 Å². The van der Waals surface area contributed by atoms with Crippen molar-refractivity contribution in [2.24, 2.45) is 0 Å². The van der Waals surface area contributed by atoms with E-state index in [2.05, 4.69) is 15.3 Å². The van der Waals surface area contributed by atoms with Gasteiger partial charge in [-0.05, 0) is 48.0 Å². The van der Waals surface area contributed by atoms with Crippen LogP contribution in [0.1, 0.15) is 38.8 Å². The zero-order chi connectivity index (χ0) is 31.5. The molecule has 2 heterocycles. The minimum absolute atomic E-state index is 0.0319. The van der Waals surface area contributed by atoms with Crippen molar-refractivity contribution in [3.63, 3.8) is 0 Å². The molecule has 42 heavy (non-hydrogen) atoms. The van der Waals surface area contributed by atoms with Gasteiger partial charge in [0.1, 0.15) is 0 Å². The van der Waals surface area contributed by atoms with E-state index in [1.54, 1.807) is 0 Å². The number of halogens is 9. The van der Waals surface area contributed by atoms with E-state index in [9.17, 15) is 49.1 Å². The highest BCUT2D eigenvalue weighted by molar-refractivity contribution is 5.98. The fourth-order valence-corrected chi connectivity index (χ4v) is 3.59. The highest BCUT2D eigenvalue weighted by atomic mass is 19.4. The molecule has 16 heteroatoms. The average Bonchev–Trinajstić information content (AvgIpc) is 2.90. The summed E-state index contributed by atoms with van der Waals surface area (Å²) in [6.07, 6.45) is -12.1. The van der Waals surface area contributed by atoms with E-state index in [-0.39, 0.29) is 21.9 Å². The summed E-state index contributed by atoms with van der Waals surface area (Å²) in [4.78, 5) is 40.7. The summed E-state index contributed by atoms with van der Waals surface area (Å²) in [6, 6.07) is 9.01. The van der Waals surface area contributed by atoms with Crippen LogP contribution in [0.25, 0.3) is 10.9 Å². The van der Waals surface area contributed by atoms with Crippen LogP contribution in [0, 0.1) is 0 Å². The van der Waals surface area contributed by atoms with Gasteiger partial charge in [0, 0.05) is 34.9 Å². The Morgan fingerprint density at radius 1 is 0.857 bits per heavy atom. The maximum Gasteiger partial charge on any atom is 0.490 e. The van der Waals surface area contributed by atoms with Gasteiger partial charge in [0.2, 0.25) is 0 Å². The van der Waals surface area contributed by atoms with Crippen molar-refractivity contribution in [3.05, 3.63) is 111 Å². The average molecular weight is 605 g/mol. The molecule has 0 aliphatic carbocycles. The third kappa shape index (κ3) is 7.64.